The highest BCUT2D eigenvalue weighted by Gasteiger charge is 2.74. The van der Waals surface area contributed by atoms with E-state index in [1.54, 1.807) is 50.3 Å². The number of allylic oxidation sites excluding steroid dienone is 3. The minimum atomic E-state index is -1.15. The van der Waals surface area contributed by atoms with Gasteiger partial charge in [-0.05, 0) is 64.2 Å². The van der Waals surface area contributed by atoms with Gasteiger partial charge in [-0.25, -0.2) is 4.79 Å². The second kappa shape index (κ2) is 10.1. The van der Waals surface area contributed by atoms with Crippen molar-refractivity contribution in [1.82, 2.24) is 0 Å². The first kappa shape index (κ1) is 27.2. The normalized spacial score (nSPS) is 30.5. The highest BCUT2D eigenvalue weighted by atomic mass is 16.6. The molecule has 1 saturated carbocycles. The number of hydrogen-bond acceptors (Lipinski definition) is 8. The maximum Gasteiger partial charge on any atom is 0.333 e. The summed E-state index contributed by atoms with van der Waals surface area (Å²) < 4.78 is 17.0. The number of esters is 3. The molecule has 3 aliphatic rings. The molecule has 4 atom stereocenters. The third-order valence-corrected chi connectivity index (χ3v) is 8.10. The lowest BCUT2D eigenvalue weighted by atomic mass is 9.62. The zero-order valence-corrected chi connectivity index (χ0v) is 22.0. The molecule has 1 aromatic rings. The Kier molecular flexibility index (Phi) is 7.23. The highest BCUT2D eigenvalue weighted by molar-refractivity contribution is 6.03. The fourth-order valence-corrected chi connectivity index (χ4v) is 6.27. The number of benzene rings is 1. The number of carbonyl (C=O) groups excluding carboxylic acids is 4. The van der Waals surface area contributed by atoms with Crippen molar-refractivity contribution in [3.63, 3.8) is 0 Å². The molecule has 9 nitrogen and oxygen atoms in total. The Balaban J connectivity index is 1.62. The van der Waals surface area contributed by atoms with E-state index in [1.807, 2.05) is 0 Å². The number of nitrogens with one attached hydrogen (secondary N) is 1. The number of aromatic hydroxyl groups is 1. The van der Waals surface area contributed by atoms with Crippen molar-refractivity contribution in [3.8, 4) is 5.75 Å². The van der Waals surface area contributed by atoms with Crippen LogP contribution in [0.4, 0.5) is 5.69 Å². The average molecular weight is 524 g/mol. The van der Waals surface area contributed by atoms with Gasteiger partial charge in [0, 0.05) is 35.7 Å². The van der Waals surface area contributed by atoms with E-state index in [9.17, 15) is 24.3 Å². The second-order valence-electron chi connectivity index (χ2n) is 10.4. The number of carbonyl (C=O) groups is 4. The van der Waals surface area contributed by atoms with Gasteiger partial charge in [0.15, 0.2) is 0 Å². The van der Waals surface area contributed by atoms with Gasteiger partial charge < -0.3 is 24.6 Å². The first-order chi connectivity index (χ1) is 18.0. The first-order valence-electron chi connectivity index (χ1n) is 12.6. The van der Waals surface area contributed by atoms with Gasteiger partial charge in [0.05, 0.1) is 7.11 Å². The molecule has 1 saturated heterocycles. The van der Waals surface area contributed by atoms with Crippen LogP contribution in [0.5, 0.6) is 5.75 Å². The predicted octanol–water partition coefficient (Wildman–Crippen LogP) is 4.13. The van der Waals surface area contributed by atoms with Crippen molar-refractivity contribution in [2.45, 2.75) is 64.1 Å². The molecule has 2 bridgehead atoms. The molecule has 1 unspecified atom stereocenters. The molecule has 0 spiro atoms. The molecule has 38 heavy (non-hydrogen) atoms. The van der Waals surface area contributed by atoms with E-state index in [0.29, 0.717) is 36.1 Å². The quantitative estimate of drug-likeness (QED) is 0.247. The van der Waals surface area contributed by atoms with Gasteiger partial charge >= 0.3 is 17.9 Å². The van der Waals surface area contributed by atoms with E-state index in [1.165, 1.54) is 26.2 Å². The summed E-state index contributed by atoms with van der Waals surface area (Å²) in [6, 6.07) is 6.24. The van der Waals surface area contributed by atoms with Crippen molar-refractivity contribution in [3.05, 3.63) is 59.7 Å². The summed E-state index contributed by atoms with van der Waals surface area (Å²) in [5.74, 6) is -2.10. The molecule has 1 heterocycles. The number of hydrogen-bond donors (Lipinski definition) is 2. The standard InChI is InChI=1S/C29H33NO8/c1-18(24(33)30-21-8-5-9-22(32)17-21)7-6-13-27(3)23-12-15-28(26(35)38-27)14-10-20(25(34)36-4)11-16-29(23,28)37-19(2)31/h5-10,13,17,23,32H,11-12,14-16H2,1-4H3,(H,30,33)/t23-,27?,28+,29-/m1/s1. The number of cyclic esters (lactones) is 1. The summed E-state index contributed by atoms with van der Waals surface area (Å²) in [6.45, 7) is 4.75. The van der Waals surface area contributed by atoms with Crippen molar-refractivity contribution in [2.24, 2.45) is 11.3 Å². The maximum absolute atomic E-state index is 13.7. The molecule has 1 aliphatic heterocycles. The van der Waals surface area contributed by atoms with E-state index in [0.717, 1.165) is 0 Å². The lowest BCUT2D eigenvalue weighted by Gasteiger charge is -2.54. The third-order valence-electron chi connectivity index (χ3n) is 8.10. The Hall–Kier alpha value is -3.88. The van der Waals surface area contributed by atoms with Crippen molar-refractivity contribution >= 4 is 29.5 Å². The third kappa shape index (κ3) is 4.61. The number of rotatable bonds is 6. The van der Waals surface area contributed by atoms with Gasteiger partial charge in [-0.1, -0.05) is 24.3 Å². The van der Waals surface area contributed by atoms with Crippen LogP contribution >= 0.6 is 0 Å². The first-order valence-corrected chi connectivity index (χ1v) is 12.6. The summed E-state index contributed by atoms with van der Waals surface area (Å²) in [7, 11) is 1.31. The van der Waals surface area contributed by atoms with Gasteiger partial charge in [0.25, 0.3) is 5.91 Å². The molecule has 202 valence electrons. The maximum atomic E-state index is 13.7. The van der Waals surface area contributed by atoms with Crippen LogP contribution in [0.3, 0.4) is 0 Å². The Morgan fingerprint density at radius 2 is 1.97 bits per heavy atom. The van der Waals surface area contributed by atoms with Gasteiger partial charge in [0.1, 0.15) is 22.4 Å². The average Bonchev–Trinajstić information content (AvgIpc) is 3.00. The Labute approximate surface area is 221 Å². The number of methoxy groups -OCH3 is 1. The van der Waals surface area contributed by atoms with Crippen LogP contribution in [-0.2, 0) is 33.4 Å². The summed E-state index contributed by atoms with van der Waals surface area (Å²) >= 11 is 0. The van der Waals surface area contributed by atoms with Crippen LogP contribution in [0.1, 0.15) is 52.9 Å². The molecule has 2 N–H and O–H groups in total. The fourth-order valence-electron chi connectivity index (χ4n) is 6.27. The topological polar surface area (TPSA) is 128 Å². The number of phenols is 1. The lowest BCUT2D eigenvalue weighted by molar-refractivity contribution is -0.235. The van der Waals surface area contributed by atoms with Crippen molar-refractivity contribution < 1.29 is 38.5 Å². The fraction of sp³-hybridized carbons (Fsp3) is 0.448. The van der Waals surface area contributed by atoms with Crippen molar-refractivity contribution in [1.29, 1.82) is 0 Å². The molecule has 0 radical (unpaired) electrons. The number of ether oxygens (including phenoxy) is 3. The Morgan fingerprint density at radius 1 is 1.21 bits per heavy atom. The van der Waals surface area contributed by atoms with Crippen LogP contribution in [-0.4, -0.2) is 47.2 Å². The number of anilines is 1. The molecule has 1 amide bonds. The monoisotopic (exact) mass is 523 g/mol. The number of amides is 1. The zero-order chi connectivity index (χ0) is 27.7. The van der Waals surface area contributed by atoms with E-state index in [4.69, 9.17) is 14.2 Å². The lowest BCUT2D eigenvalue weighted by Crippen LogP contribution is -2.65. The summed E-state index contributed by atoms with van der Waals surface area (Å²) in [5, 5.41) is 12.3. The van der Waals surface area contributed by atoms with Crippen molar-refractivity contribution in [2.75, 3.05) is 12.4 Å². The molecule has 2 aliphatic carbocycles. The molecule has 0 aromatic heterocycles. The van der Waals surface area contributed by atoms with Gasteiger partial charge in [-0.3, -0.25) is 14.4 Å². The van der Waals surface area contributed by atoms with E-state index in [2.05, 4.69) is 5.32 Å². The summed E-state index contributed by atoms with van der Waals surface area (Å²) in [5.41, 5.74) is -2.04. The van der Waals surface area contributed by atoms with Crippen LogP contribution < -0.4 is 5.32 Å². The molecular weight excluding hydrogens is 490 g/mol. The molecule has 2 fully saturated rings. The van der Waals surface area contributed by atoms with Gasteiger partial charge in [0.2, 0.25) is 0 Å². The van der Waals surface area contributed by atoms with E-state index < -0.39 is 34.5 Å². The van der Waals surface area contributed by atoms with E-state index in [-0.39, 0.29) is 30.4 Å². The molecule has 1 aromatic carbocycles. The van der Waals surface area contributed by atoms with Crippen LogP contribution in [0.25, 0.3) is 0 Å². The van der Waals surface area contributed by atoms with Gasteiger partial charge in [-0.2, -0.15) is 0 Å². The van der Waals surface area contributed by atoms with Gasteiger partial charge in [-0.15, -0.1) is 0 Å². The minimum Gasteiger partial charge on any atom is -0.508 e. The summed E-state index contributed by atoms with van der Waals surface area (Å²) in [6.07, 6.45) is 8.56. The largest absolute Gasteiger partial charge is 0.508 e. The van der Waals surface area contributed by atoms with Crippen LogP contribution in [0.15, 0.2) is 59.7 Å². The molecule has 4 rings (SSSR count). The summed E-state index contributed by atoms with van der Waals surface area (Å²) in [4.78, 5) is 50.9. The SMILES string of the molecule is COC(=O)C1=CC[C@]23CC[C@H](C(C)(C=CC=C(C)C(=O)Nc4cccc(O)c4)OC2=O)[C@]3(OC(C)=O)CC1. The molecule has 9 heteroatoms. The zero-order valence-electron chi connectivity index (χ0n) is 22.0. The highest BCUT2D eigenvalue weighted by Crippen LogP contribution is 2.65. The second-order valence-corrected chi connectivity index (χ2v) is 10.4. The molecular formula is C29H33NO8. The van der Waals surface area contributed by atoms with E-state index >= 15 is 0 Å². The predicted molar refractivity (Wildman–Crippen MR) is 138 cm³/mol. The minimum absolute atomic E-state index is 0.0399. The van der Waals surface area contributed by atoms with Crippen LogP contribution in [0, 0.1) is 11.3 Å². The Bertz CT molecular complexity index is 1260. The van der Waals surface area contributed by atoms with Crippen LogP contribution in [0.2, 0.25) is 0 Å². The Morgan fingerprint density at radius 3 is 2.66 bits per heavy atom. The number of phenolic OH excluding ortho intramolecular Hbond substituents is 1. The smallest absolute Gasteiger partial charge is 0.333 e.